The third kappa shape index (κ3) is 3.70. The molecule has 1 unspecified atom stereocenters. The van der Waals surface area contributed by atoms with E-state index in [1.54, 1.807) is 0 Å². The Labute approximate surface area is 117 Å². The van der Waals surface area contributed by atoms with Gasteiger partial charge >= 0.3 is 0 Å². The lowest BCUT2D eigenvalue weighted by molar-refractivity contribution is 0.420. The van der Waals surface area contributed by atoms with Crippen LogP contribution < -0.4 is 5.32 Å². The first-order valence-corrected chi connectivity index (χ1v) is 7.35. The highest BCUT2D eigenvalue weighted by molar-refractivity contribution is 9.10. The molecule has 0 spiro atoms. The van der Waals surface area contributed by atoms with Gasteiger partial charge in [0, 0.05) is 25.0 Å². The smallest absolute Gasteiger partial charge is 0.0739 e. The van der Waals surface area contributed by atoms with Crippen LogP contribution in [0.3, 0.4) is 0 Å². The summed E-state index contributed by atoms with van der Waals surface area (Å²) in [7, 11) is 0. The first-order valence-electron chi connectivity index (χ1n) is 6.02. The summed E-state index contributed by atoms with van der Waals surface area (Å²) in [6, 6.07) is 0.337. The van der Waals surface area contributed by atoms with E-state index in [-0.39, 0.29) is 0 Å². The minimum atomic E-state index is 0.337. The van der Waals surface area contributed by atoms with Gasteiger partial charge in [-0.25, -0.2) is 0 Å². The van der Waals surface area contributed by atoms with Gasteiger partial charge in [-0.2, -0.15) is 5.10 Å². The molecule has 0 aliphatic rings. The molecular formula is C12H21BrClN3. The SMILES string of the molecule is CCn1nc(C)c(Br)c1CNC(CCl)C(C)C. The predicted molar refractivity (Wildman–Crippen MR) is 76.5 cm³/mol. The molecule has 1 rings (SSSR count). The van der Waals surface area contributed by atoms with Crippen molar-refractivity contribution in [3.8, 4) is 0 Å². The molecule has 0 aromatic carbocycles. The maximum atomic E-state index is 5.95. The van der Waals surface area contributed by atoms with Crippen LogP contribution in [0, 0.1) is 12.8 Å². The van der Waals surface area contributed by atoms with Crippen molar-refractivity contribution in [3.05, 3.63) is 15.9 Å². The Kier molecular flexibility index (Phi) is 5.97. The summed E-state index contributed by atoms with van der Waals surface area (Å²) in [5.74, 6) is 1.17. The van der Waals surface area contributed by atoms with Gasteiger partial charge in [0.2, 0.25) is 0 Å². The van der Waals surface area contributed by atoms with Gasteiger partial charge in [0.15, 0.2) is 0 Å². The zero-order valence-electron chi connectivity index (χ0n) is 10.9. The molecule has 0 saturated heterocycles. The van der Waals surface area contributed by atoms with Gasteiger partial charge in [-0.1, -0.05) is 13.8 Å². The second-order valence-electron chi connectivity index (χ2n) is 4.55. The number of halogens is 2. The average Bonchev–Trinajstić information content (AvgIpc) is 2.56. The Hall–Kier alpha value is -0.0600. The Balaban J connectivity index is 2.74. The number of rotatable bonds is 6. The van der Waals surface area contributed by atoms with Crippen LogP contribution in [0.2, 0.25) is 0 Å². The molecule has 1 aromatic rings. The molecule has 0 fully saturated rings. The summed E-state index contributed by atoms with van der Waals surface area (Å²) in [4.78, 5) is 0. The first kappa shape index (κ1) is 15.0. The maximum Gasteiger partial charge on any atom is 0.0739 e. The van der Waals surface area contributed by atoms with Crippen LogP contribution in [-0.2, 0) is 13.1 Å². The van der Waals surface area contributed by atoms with Crippen LogP contribution in [-0.4, -0.2) is 21.7 Å². The third-order valence-electron chi connectivity index (χ3n) is 2.96. The highest BCUT2D eigenvalue weighted by atomic mass is 79.9. The fraction of sp³-hybridized carbons (Fsp3) is 0.750. The van der Waals surface area contributed by atoms with Crippen molar-refractivity contribution in [2.24, 2.45) is 5.92 Å². The number of alkyl halides is 1. The number of nitrogens with one attached hydrogen (secondary N) is 1. The molecular weight excluding hydrogens is 302 g/mol. The predicted octanol–water partition coefficient (Wildman–Crippen LogP) is 3.33. The molecule has 1 heterocycles. The second-order valence-corrected chi connectivity index (χ2v) is 5.65. The molecule has 0 radical (unpaired) electrons. The van der Waals surface area contributed by atoms with Crippen molar-refractivity contribution in [2.75, 3.05) is 5.88 Å². The number of hydrogen-bond acceptors (Lipinski definition) is 2. The van der Waals surface area contributed by atoms with Crippen LogP contribution >= 0.6 is 27.5 Å². The molecule has 3 nitrogen and oxygen atoms in total. The second kappa shape index (κ2) is 6.76. The van der Waals surface area contributed by atoms with Crippen molar-refractivity contribution in [3.63, 3.8) is 0 Å². The van der Waals surface area contributed by atoms with E-state index in [0.29, 0.717) is 17.8 Å². The topological polar surface area (TPSA) is 29.9 Å². The Bertz CT molecular complexity index is 363. The van der Waals surface area contributed by atoms with Crippen molar-refractivity contribution < 1.29 is 0 Å². The summed E-state index contributed by atoms with van der Waals surface area (Å²) in [5.41, 5.74) is 2.23. The van der Waals surface area contributed by atoms with Gasteiger partial charge in [-0.05, 0) is 35.7 Å². The van der Waals surface area contributed by atoms with Gasteiger partial charge in [0.05, 0.1) is 15.9 Å². The zero-order valence-corrected chi connectivity index (χ0v) is 13.3. The van der Waals surface area contributed by atoms with Gasteiger partial charge in [0.1, 0.15) is 0 Å². The van der Waals surface area contributed by atoms with Crippen molar-refractivity contribution in [1.29, 1.82) is 0 Å². The largest absolute Gasteiger partial charge is 0.307 e. The minimum Gasteiger partial charge on any atom is -0.307 e. The zero-order chi connectivity index (χ0) is 13.0. The lowest BCUT2D eigenvalue weighted by Gasteiger charge is -2.20. The van der Waals surface area contributed by atoms with E-state index in [2.05, 4.69) is 47.1 Å². The highest BCUT2D eigenvalue weighted by Crippen LogP contribution is 2.21. The van der Waals surface area contributed by atoms with Crippen LogP contribution in [0.1, 0.15) is 32.2 Å². The van der Waals surface area contributed by atoms with Gasteiger partial charge < -0.3 is 5.32 Å². The molecule has 0 bridgehead atoms. The van der Waals surface area contributed by atoms with Gasteiger partial charge in [0.25, 0.3) is 0 Å². The van der Waals surface area contributed by atoms with Crippen LogP contribution in [0.5, 0.6) is 0 Å². The quantitative estimate of drug-likeness (QED) is 0.814. The fourth-order valence-electron chi connectivity index (χ4n) is 1.73. The van der Waals surface area contributed by atoms with Crippen LogP contribution in [0.15, 0.2) is 4.47 Å². The molecule has 0 saturated carbocycles. The molecule has 1 aromatic heterocycles. The highest BCUT2D eigenvalue weighted by Gasteiger charge is 2.15. The van der Waals surface area contributed by atoms with E-state index in [4.69, 9.17) is 11.6 Å². The maximum absolute atomic E-state index is 5.95. The summed E-state index contributed by atoms with van der Waals surface area (Å²) < 4.78 is 3.13. The fourth-order valence-corrected chi connectivity index (χ4v) is 2.62. The number of nitrogens with zero attached hydrogens (tertiary/aromatic N) is 2. The number of hydrogen-bond donors (Lipinski definition) is 1. The summed E-state index contributed by atoms with van der Waals surface area (Å²) in [5, 5.41) is 7.97. The van der Waals surface area contributed by atoms with Gasteiger partial charge in [-0.15, -0.1) is 11.6 Å². The third-order valence-corrected chi connectivity index (χ3v) is 4.32. The summed E-state index contributed by atoms with van der Waals surface area (Å²) >= 11 is 9.55. The number of aryl methyl sites for hydroxylation is 2. The van der Waals surface area contributed by atoms with Crippen molar-refractivity contribution in [2.45, 2.75) is 46.8 Å². The average molecular weight is 323 g/mol. The summed E-state index contributed by atoms with van der Waals surface area (Å²) in [6.45, 7) is 10.2. The van der Waals surface area contributed by atoms with E-state index >= 15 is 0 Å². The van der Waals surface area contributed by atoms with Gasteiger partial charge in [-0.3, -0.25) is 4.68 Å². The lowest BCUT2D eigenvalue weighted by Crippen LogP contribution is -2.35. The molecule has 1 atom stereocenters. The van der Waals surface area contributed by atoms with Crippen LogP contribution in [0.25, 0.3) is 0 Å². The Morgan fingerprint density at radius 1 is 1.47 bits per heavy atom. The molecule has 0 aliphatic heterocycles. The molecule has 1 N–H and O–H groups in total. The molecule has 0 aliphatic carbocycles. The Morgan fingerprint density at radius 3 is 2.59 bits per heavy atom. The van der Waals surface area contributed by atoms with Crippen molar-refractivity contribution in [1.82, 2.24) is 15.1 Å². The normalized spacial score (nSPS) is 13.4. The van der Waals surface area contributed by atoms with Crippen molar-refractivity contribution >= 4 is 27.5 Å². The Morgan fingerprint density at radius 2 is 2.12 bits per heavy atom. The summed E-state index contributed by atoms with van der Waals surface area (Å²) in [6.07, 6.45) is 0. The van der Waals surface area contributed by atoms with E-state index < -0.39 is 0 Å². The first-order chi connectivity index (χ1) is 8.01. The van der Waals surface area contributed by atoms with E-state index in [1.807, 2.05) is 11.6 Å². The van der Waals surface area contributed by atoms with E-state index in [0.717, 1.165) is 23.3 Å². The molecule has 98 valence electrons. The molecule has 5 heteroatoms. The van der Waals surface area contributed by atoms with E-state index in [9.17, 15) is 0 Å². The number of aromatic nitrogens is 2. The molecule has 0 amide bonds. The van der Waals surface area contributed by atoms with E-state index in [1.165, 1.54) is 5.69 Å². The van der Waals surface area contributed by atoms with Crippen LogP contribution in [0.4, 0.5) is 0 Å². The molecule has 17 heavy (non-hydrogen) atoms. The monoisotopic (exact) mass is 321 g/mol. The standard InChI is InChI=1S/C12H21BrClN3/c1-5-17-11(12(13)9(4)16-17)7-15-10(6-14)8(2)3/h8,10,15H,5-7H2,1-4H3. The minimum absolute atomic E-state index is 0.337. The lowest BCUT2D eigenvalue weighted by atomic mass is 10.1.